The van der Waals surface area contributed by atoms with Gasteiger partial charge in [-0.05, 0) is 12.1 Å². The minimum Gasteiger partial charge on any atom is -0.305 e. The number of halogens is 3. The highest BCUT2D eigenvalue weighted by atomic mass is 32.1. The molecule has 0 radical (unpaired) electrons. The Kier molecular flexibility index (Phi) is 1.95. The Labute approximate surface area is 82.8 Å². The Morgan fingerprint density at radius 2 is 1.93 bits per heavy atom. The minimum absolute atomic E-state index is 0.259. The number of imidazole rings is 1. The summed E-state index contributed by atoms with van der Waals surface area (Å²) >= 11 is 4.01. The van der Waals surface area contributed by atoms with Gasteiger partial charge in [0.1, 0.15) is 5.65 Å². The van der Waals surface area contributed by atoms with Crippen LogP contribution in [0.15, 0.2) is 29.4 Å². The second-order valence-electron chi connectivity index (χ2n) is 2.78. The van der Waals surface area contributed by atoms with Crippen LogP contribution in [-0.4, -0.2) is 9.38 Å². The van der Waals surface area contributed by atoms with E-state index in [1.807, 2.05) is 0 Å². The van der Waals surface area contributed by atoms with Gasteiger partial charge in [-0.3, -0.25) is 0 Å². The number of thiol groups is 1. The topological polar surface area (TPSA) is 17.3 Å². The zero-order valence-corrected chi connectivity index (χ0v) is 7.68. The number of aromatic nitrogens is 2. The van der Waals surface area contributed by atoms with Crippen LogP contribution in [0.25, 0.3) is 5.65 Å². The van der Waals surface area contributed by atoms with Crippen LogP contribution in [-0.2, 0) is 6.18 Å². The molecule has 2 nitrogen and oxygen atoms in total. The molecule has 0 aliphatic carbocycles. The number of hydrogen-bond donors (Lipinski definition) is 1. The van der Waals surface area contributed by atoms with Gasteiger partial charge in [0.15, 0.2) is 5.69 Å². The van der Waals surface area contributed by atoms with Crippen LogP contribution in [0, 0.1) is 0 Å². The molecule has 0 saturated carbocycles. The Morgan fingerprint density at radius 1 is 1.21 bits per heavy atom. The molecule has 0 aliphatic heterocycles. The van der Waals surface area contributed by atoms with Crippen molar-refractivity contribution >= 4 is 18.3 Å². The second kappa shape index (κ2) is 2.91. The Morgan fingerprint density at radius 3 is 2.57 bits per heavy atom. The van der Waals surface area contributed by atoms with E-state index < -0.39 is 11.9 Å². The summed E-state index contributed by atoms with van der Waals surface area (Å²) in [5.41, 5.74) is -0.633. The lowest BCUT2D eigenvalue weighted by Gasteiger charge is -1.98. The number of fused-ring (bicyclic) bond motifs is 1. The molecule has 0 atom stereocenters. The van der Waals surface area contributed by atoms with Crippen LogP contribution >= 0.6 is 12.6 Å². The molecule has 2 heterocycles. The van der Waals surface area contributed by atoms with Gasteiger partial charge < -0.3 is 4.40 Å². The third kappa shape index (κ3) is 1.57. The Balaban J connectivity index is 2.63. The molecule has 0 aromatic carbocycles. The average molecular weight is 218 g/mol. The summed E-state index contributed by atoms with van der Waals surface area (Å²) in [4.78, 5) is 4.02. The number of nitrogens with zero attached hydrogens (tertiary/aromatic N) is 2. The van der Waals surface area contributed by atoms with E-state index in [9.17, 15) is 13.2 Å². The molecule has 0 N–H and O–H groups in total. The first kappa shape index (κ1) is 9.39. The van der Waals surface area contributed by atoms with Gasteiger partial charge in [-0.15, -0.1) is 12.6 Å². The summed E-state index contributed by atoms with van der Waals surface area (Å²) in [6.45, 7) is 0. The van der Waals surface area contributed by atoms with E-state index >= 15 is 0 Å². The molecule has 2 aromatic rings. The van der Waals surface area contributed by atoms with Gasteiger partial charge in [0, 0.05) is 17.3 Å². The number of alkyl halides is 3. The van der Waals surface area contributed by atoms with E-state index in [0.717, 1.165) is 6.20 Å². The molecule has 0 amide bonds. The van der Waals surface area contributed by atoms with Gasteiger partial charge in [-0.25, -0.2) is 4.98 Å². The molecule has 6 heteroatoms. The van der Waals surface area contributed by atoms with Crippen LogP contribution in [0.3, 0.4) is 0 Å². The first-order chi connectivity index (χ1) is 6.47. The lowest BCUT2D eigenvalue weighted by atomic mass is 10.5. The van der Waals surface area contributed by atoms with Crippen molar-refractivity contribution in [3.63, 3.8) is 0 Å². The normalized spacial score (nSPS) is 12.3. The molecule has 0 fully saturated rings. The van der Waals surface area contributed by atoms with Gasteiger partial charge in [-0.2, -0.15) is 13.2 Å². The van der Waals surface area contributed by atoms with Crippen molar-refractivity contribution in [3.8, 4) is 0 Å². The third-order valence-electron chi connectivity index (χ3n) is 1.73. The van der Waals surface area contributed by atoms with E-state index in [2.05, 4.69) is 17.6 Å². The van der Waals surface area contributed by atoms with E-state index in [-0.39, 0.29) is 5.65 Å². The fraction of sp³-hybridized carbons (Fsp3) is 0.125. The fourth-order valence-electron chi connectivity index (χ4n) is 1.12. The predicted molar refractivity (Wildman–Crippen MR) is 47.4 cm³/mol. The summed E-state index contributed by atoms with van der Waals surface area (Å²) in [5, 5.41) is 0. The fourth-order valence-corrected chi connectivity index (χ4v) is 1.32. The van der Waals surface area contributed by atoms with Crippen LogP contribution in [0.4, 0.5) is 13.2 Å². The first-order valence-corrected chi connectivity index (χ1v) is 4.16. The monoisotopic (exact) mass is 218 g/mol. The van der Waals surface area contributed by atoms with E-state index in [1.54, 1.807) is 6.07 Å². The average Bonchev–Trinajstić information content (AvgIpc) is 2.45. The number of hydrogen-bond acceptors (Lipinski definition) is 2. The molecule has 2 rings (SSSR count). The SMILES string of the molecule is FC(F)(F)c1cn2cc(S)ccc2n1. The summed E-state index contributed by atoms with van der Waals surface area (Å²) in [6, 6.07) is 3.07. The highest BCUT2D eigenvalue weighted by Crippen LogP contribution is 2.28. The molecular weight excluding hydrogens is 213 g/mol. The molecule has 0 spiro atoms. The maximum atomic E-state index is 12.2. The predicted octanol–water partition coefficient (Wildman–Crippen LogP) is 2.64. The van der Waals surface area contributed by atoms with E-state index in [4.69, 9.17) is 0 Å². The largest absolute Gasteiger partial charge is 0.434 e. The van der Waals surface area contributed by atoms with Gasteiger partial charge >= 0.3 is 6.18 Å². The summed E-state index contributed by atoms with van der Waals surface area (Å²) < 4.78 is 38.0. The van der Waals surface area contributed by atoms with Crippen LogP contribution < -0.4 is 0 Å². The van der Waals surface area contributed by atoms with Gasteiger partial charge in [0.25, 0.3) is 0 Å². The van der Waals surface area contributed by atoms with Crippen LogP contribution in [0.5, 0.6) is 0 Å². The van der Waals surface area contributed by atoms with Gasteiger partial charge in [0.2, 0.25) is 0 Å². The van der Waals surface area contributed by atoms with Crippen molar-refractivity contribution in [1.29, 1.82) is 0 Å². The molecule has 2 aromatic heterocycles. The summed E-state index contributed by atoms with van der Waals surface area (Å²) in [6.07, 6.45) is -1.99. The summed E-state index contributed by atoms with van der Waals surface area (Å²) in [5.74, 6) is 0. The van der Waals surface area contributed by atoms with Crippen molar-refractivity contribution in [2.75, 3.05) is 0 Å². The van der Waals surface area contributed by atoms with Crippen molar-refractivity contribution in [1.82, 2.24) is 9.38 Å². The molecule has 14 heavy (non-hydrogen) atoms. The molecule has 0 aliphatic rings. The summed E-state index contributed by atoms with van der Waals surface area (Å²) in [7, 11) is 0. The van der Waals surface area contributed by atoms with Gasteiger partial charge in [-0.1, -0.05) is 0 Å². The lowest BCUT2D eigenvalue weighted by Crippen LogP contribution is -2.04. The standard InChI is InChI=1S/C8H5F3N2S/c9-8(10,11)6-4-13-3-5(14)1-2-7(13)12-6/h1-4,14H. The first-order valence-electron chi connectivity index (χ1n) is 3.72. The molecule has 74 valence electrons. The van der Waals surface area contributed by atoms with Crippen molar-refractivity contribution in [2.24, 2.45) is 0 Å². The van der Waals surface area contributed by atoms with Crippen molar-refractivity contribution in [2.45, 2.75) is 11.1 Å². The third-order valence-corrected chi connectivity index (χ3v) is 1.99. The quantitative estimate of drug-likeness (QED) is 0.673. The van der Waals surface area contributed by atoms with Crippen molar-refractivity contribution < 1.29 is 13.2 Å². The molecule has 0 saturated heterocycles. The van der Waals surface area contributed by atoms with Gasteiger partial charge in [0.05, 0.1) is 0 Å². The number of pyridine rings is 1. The molecular formula is C8H5F3N2S. The maximum absolute atomic E-state index is 12.2. The molecule has 0 unspecified atom stereocenters. The Hall–Kier alpha value is -1.17. The van der Waals surface area contributed by atoms with Crippen LogP contribution in [0.1, 0.15) is 5.69 Å². The second-order valence-corrected chi connectivity index (χ2v) is 3.29. The highest BCUT2D eigenvalue weighted by molar-refractivity contribution is 7.80. The number of rotatable bonds is 0. The van der Waals surface area contributed by atoms with E-state index in [1.165, 1.54) is 16.7 Å². The molecule has 0 bridgehead atoms. The Bertz CT molecular complexity index is 475. The maximum Gasteiger partial charge on any atom is 0.434 e. The van der Waals surface area contributed by atoms with E-state index in [0.29, 0.717) is 4.90 Å². The lowest BCUT2D eigenvalue weighted by molar-refractivity contribution is -0.140. The zero-order chi connectivity index (χ0) is 10.3. The van der Waals surface area contributed by atoms with Crippen LogP contribution in [0.2, 0.25) is 0 Å². The van der Waals surface area contributed by atoms with Crippen molar-refractivity contribution in [3.05, 3.63) is 30.2 Å². The highest BCUT2D eigenvalue weighted by Gasteiger charge is 2.33. The zero-order valence-electron chi connectivity index (χ0n) is 6.78. The smallest absolute Gasteiger partial charge is 0.305 e. The minimum atomic E-state index is -4.40.